The van der Waals surface area contributed by atoms with E-state index in [-0.39, 0.29) is 13.0 Å². The highest BCUT2D eigenvalue weighted by molar-refractivity contribution is 5.89. The van der Waals surface area contributed by atoms with Crippen LogP contribution < -0.4 is 5.73 Å². The van der Waals surface area contributed by atoms with Crippen LogP contribution in [0, 0.1) is 11.6 Å². The molecule has 10 heteroatoms. The maximum atomic E-state index is 14.1. The Balaban J connectivity index is 0.000000471. The predicted molar refractivity (Wildman–Crippen MR) is 118 cm³/mol. The summed E-state index contributed by atoms with van der Waals surface area (Å²) in [6, 6.07) is 7.13. The molecule has 0 atom stereocenters. The first kappa shape index (κ1) is 22.3. The maximum absolute atomic E-state index is 14.1. The van der Waals surface area contributed by atoms with Crippen LogP contribution in [0.5, 0.6) is 0 Å². The lowest BCUT2D eigenvalue weighted by Gasteiger charge is -2.05. The molecule has 1 saturated carbocycles. The Hall–Kier alpha value is -3.95. The van der Waals surface area contributed by atoms with Crippen LogP contribution in [0.4, 0.5) is 14.6 Å². The third kappa shape index (κ3) is 4.94. The largest absolute Gasteiger partial charge is 0.481 e. The quantitative estimate of drug-likeness (QED) is 0.467. The summed E-state index contributed by atoms with van der Waals surface area (Å²) < 4.78 is 28.9. The zero-order chi connectivity index (χ0) is 23.5. The first-order chi connectivity index (χ1) is 15.9. The van der Waals surface area contributed by atoms with E-state index < -0.39 is 17.6 Å². The number of anilines is 1. The van der Waals surface area contributed by atoms with Crippen molar-refractivity contribution in [2.75, 3.05) is 5.73 Å². The van der Waals surface area contributed by atoms with Crippen molar-refractivity contribution in [3.63, 3.8) is 0 Å². The molecule has 4 aromatic rings. The summed E-state index contributed by atoms with van der Waals surface area (Å²) in [5, 5.41) is 13.0. The van der Waals surface area contributed by atoms with Gasteiger partial charge in [-0.05, 0) is 37.0 Å². The van der Waals surface area contributed by atoms with E-state index in [0.29, 0.717) is 34.5 Å². The molecule has 0 radical (unpaired) electrons. The highest BCUT2D eigenvalue weighted by Crippen LogP contribution is 2.42. The number of nitrogens with two attached hydrogens (primary N) is 1. The van der Waals surface area contributed by atoms with E-state index in [1.54, 1.807) is 30.1 Å². The van der Waals surface area contributed by atoms with Gasteiger partial charge in [-0.3, -0.25) is 4.79 Å². The van der Waals surface area contributed by atoms with E-state index in [1.807, 2.05) is 6.07 Å². The van der Waals surface area contributed by atoms with Crippen LogP contribution >= 0.6 is 0 Å². The van der Waals surface area contributed by atoms with Crippen LogP contribution in [0.3, 0.4) is 0 Å². The lowest BCUT2D eigenvalue weighted by Crippen LogP contribution is -2.05. The summed E-state index contributed by atoms with van der Waals surface area (Å²) in [7, 11) is 0. The van der Waals surface area contributed by atoms with Crippen LogP contribution in [0.25, 0.3) is 22.6 Å². The standard InChI is InChI=1S/C20H16F2N6.C3H6O2/c21-13-6-5-12(16(22)8-13)10-28-20-14(2-1-7-24-20)17(27-28)19-25-9-15(11-3-4-11)18(23)26-19;1-2-3(4)5/h1-2,5-9,11H,3-4,10H2,(H2,23,25,26);2H2,1H3,(H,4,5). The molecule has 0 bridgehead atoms. The normalized spacial score (nSPS) is 12.9. The number of pyridine rings is 1. The Morgan fingerprint density at radius 1 is 1.24 bits per heavy atom. The molecule has 0 aliphatic heterocycles. The Labute approximate surface area is 188 Å². The molecule has 3 heterocycles. The number of fused-ring (bicyclic) bond motifs is 1. The average molecular weight is 452 g/mol. The smallest absolute Gasteiger partial charge is 0.303 e. The molecule has 3 N–H and O–H groups in total. The minimum atomic E-state index is -0.745. The number of benzene rings is 1. The summed E-state index contributed by atoms with van der Waals surface area (Å²) >= 11 is 0. The summed E-state index contributed by atoms with van der Waals surface area (Å²) in [6.07, 6.45) is 5.84. The van der Waals surface area contributed by atoms with Gasteiger partial charge in [0.25, 0.3) is 0 Å². The van der Waals surface area contributed by atoms with E-state index in [0.717, 1.165) is 29.9 Å². The Kier molecular flexibility index (Phi) is 6.25. The van der Waals surface area contributed by atoms with E-state index in [1.165, 1.54) is 12.1 Å². The number of carbonyl (C=O) groups is 1. The van der Waals surface area contributed by atoms with Crippen molar-refractivity contribution in [3.8, 4) is 11.5 Å². The highest BCUT2D eigenvalue weighted by atomic mass is 19.1. The van der Waals surface area contributed by atoms with E-state index in [4.69, 9.17) is 10.8 Å². The Bertz CT molecular complexity index is 1320. The number of hydrogen-bond donors (Lipinski definition) is 2. The molecule has 1 aliphatic carbocycles. The fourth-order valence-electron chi connectivity index (χ4n) is 3.32. The summed E-state index contributed by atoms with van der Waals surface area (Å²) in [5.41, 5.74) is 8.50. The molecule has 1 aromatic carbocycles. The molecule has 5 rings (SSSR count). The van der Waals surface area contributed by atoms with Gasteiger partial charge >= 0.3 is 5.97 Å². The van der Waals surface area contributed by atoms with Crippen LogP contribution in [0.2, 0.25) is 0 Å². The van der Waals surface area contributed by atoms with Gasteiger partial charge in [-0.2, -0.15) is 5.10 Å². The van der Waals surface area contributed by atoms with Crippen LogP contribution in [0.1, 0.15) is 43.2 Å². The first-order valence-corrected chi connectivity index (χ1v) is 10.5. The lowest BCUT2D eigenvalue weighted by molar-refractivity contribution is -0.136. The van der Waals surface area contributed by atoms with E-state index in [2.05, 4.69) is 20.1 Å². The molecular formula is C23H22F2N6O2. The summed E-state index contributed by atoms with van der Waals surface area (Å²) in [5.74, 6) is -0.682. The van der Waals surface area contributed by atoms with Crippen LogP contribution in [-0.4, -0.2) is 35.8 Å². The van der Waals surface area contributed by atoms with Gasteiger partial charge in [0, 0.05) is 36.0 Å². The number of nitrogen functional groups attached to an aromatic ring is 1. The maximum Gasteiger partial charge on any atom is 0.303 e. The van der Waals surface area contributed by atoms with E-state index >= 15 is 0 Å². The second-order valence-corrected chi connectivity index (χ2v) is 7.67. The molecule has 170 valence electrons. The van der Waals surface area contributed by atoms with Gasteiger partial charge < -0.3 is 10.8 Å². The molecule has 1 aliphatic rings. The molecule has 33 heavy (non-hydrogen) atoms. The second kappa shape index (κ2) is 9.27. The number of halogens is 2. The number of hydrogen-bond acceptors (Lipinski definition) is 6. The molecule has 8 nitrogen and oxygen atoms in total. The molecule has 3 aromatic heterocycles. The number of carboxylic acid groups (broad SMARTS) is 1. The monoisotopic (exact) mass is 452 g/mol. The number of rotatable bonds is 5. The predicted octanol–water partition coefficient (Wildman–Crippen LogP) is 4.16. The number of aromatic nitrogens is 5. The van der Waals surface area contributed by atoms with Crippen molar-refractivity contribution < 1.29 is 18.7 Å². The van der Waals surface area contributed by atoms with Crippen molar-refractivity contribution in [2.24, 2.45) is 0 Å². The highest BCUT2D eigenvalue weighted by Gasteiger charge is 2.27. The third-order valence-corrected chi connectivity index (χ3v) is 5.22. The van der Waals surface area contributed by atoms with Crippen LogP contribution in [-0.2, 0) is 11.3 Å². The van der Waals surface area contributed by atoms with Gasteiger partial charge in [-0.25, -0.2) is 28.4 Å². The molecule has 0 amide bonds. The molecular weight excluding hydrogens is 430 g/mol. The number of aliphatic carboxylic acids is 1. The van der Waals surface area contributed by atoms with Crippen molar-refractivity contribution >= 4 is 22.8 Å². The molecule has 1 fully saturated rings. The minimum absolute atomic E-state index is 0.106. The van der Waals surface area contributed by atoms with Gasteiger partial charge in [-0.1, -0.05) is 13.0 Å². The van der Waals surface area contributed by atoms with E-state index in [9.17, 15) is 13.6 Å². The Morgan fingerprint density at radius 3 is 2.64 bits per heavy atom. The first-order valence-electron chi connectivity index (χ1n) is 10.5. The fourth-order valence-corrected chi connectivity index (χ4v) is 3.32. The number of carboxylic acids is 1. The summed E-state index contributed by atoms with van der Waals surface area (Å²) in [6.45, 7) is 1.71. The van der Waals surface area contributed by atoms with Crippen LogP contribution in [0.15, 0.2) is 42.7 Å². The van der Waals surface area contributed by atoms with Gasteiger partial charge in [0.05, 0.1) is 11.9 Å². The minimum Gasteiger partial charge on any atom is -0.481 e. The van der Waals surface area contributed by atoms with Gasteiger partial charge in [-0.15, -0.1) is 0 Å². The molecule has 0 unspecified atom stereocenters. The molecule has 0 spiro atoms. The van der Waals surface area contributed by atoms with Crippen molar-refractivity contribution in [1.82, 2.24) is 24.7 Å². The average Bonchev–Trinajstić information content (AvgIpc) is 3.57. The fraction of sp³-hybridized carbons (Fsp3) is 0.261. The molecule has 0 saturated heterocycles. The Morgan fingerprint density at radius 2 is 2.00 bits per heavy atom. The number of nitrogens with zero attached hydrogens (tertiary/aromatic N) is 5. The second-order valence-electron chi connectivity index (χ2n) is 7.67. The SMILES string of the molecule is CCC(=O)O.Nc1nc(-c2nn(Cc3ccc(F)cc3F)c3ncccc23)ncc1C1CC1. The third-order valence-electron chi connectivity index (χ3n) is 5.22. The van der Waals surface area contributed by atoms with Crippen molar-refractivity contribution in [2.45, 2.75) is 38.6 Å². The summed E-state index contributed by atoms with van der Waals surface area (Å²) in [4.78, 5) is 22.6. The topological polar surface area (TPSA) is 120 Å². The zero-order valence-corrected chi connectivity index (χ0v) is 17.9. The van der Waals surface area contributed by atoms with Gasteiger partial charge in [0.15, 0.2) is 11.5 Å². The van der Waals surface area contributed by atoms with Crippen molar-refractivity contribution in [1.29, 1.82) is 0 Å². The lowest BCUT2D eigenvalue weighted by atomic mass is 10.2. The zero-order valence-electron chi connectivity index (χ0n) is 17.9. The van der Waals surface area contributed by atoms with Gasteiger partial charge in [0.2, 0.25) is 0 Å². The van der Waals surface area contributed by atoms with Crippen molar-refractivity contribution in [3.05, 3.63) is 65.5 Å². The van der Waals surface area contributed by atoms with Gasteiger partial charge in [0.1, 0.15) is 23.1 Å².